The first-order valence-electron chi connectivity index (χ1n) is 13.3. The van der Waals surface area contributed by atoms with Crippen molar-refractivity contribution in [3.63, 3.8) is 0 Å². The molecular weight excluding hydrogens is 587 g/mol. The first-order chi connectivity index (χ1) is 19.7. The largest absolute Gasteiger partial charge is 0.480 e. The molecule has 2 aromatic heterocycles. The van der Waals surface area contributed by atoms with E-state index in [4.69, 9.17) is 23.2 Å². The minimum Gasteiger partial charge on any atom is -0.480 e. The molecule has 1 saturated carbocycles. The maximum absolute atomic E-state index is 13.5. The van der Waals surface area contributed by atoms with E-state index in [1.54, 1.807) is 29.2 Å². The van der Waals surface area contributed by atoms with Crippen molar-refractivity contribution >= 4 is 63.9 Å². The predicted molar refractivity (Wildman–Crippen MR) is 156 cm³/mol. The van der Waals surface area contributed by atoms with Crippen molar-refractivity contribution in [2.24, 2.45) is 5.92 Å². The number of carboxylic acids is 1. The van der Waals surface area contributed by atoms with E-state index in [9.17, 15) is 24.3 Å². The van der Waals surface area contributed by atoms with Gasteiger partial charge in [-0.25, -0.2) is 4.79 Å². The van der Waals surface area contributed by atoms with E-state index in [0.717, 1.165) is 31.2 Å². The van der Waals surface area contributed by atoms with Crippen molar-refractivity contribution in [3.05, 3.63) is 80.2 Å². The third-order valence-electron chi connectivity index (χ3n) is 7.72. The lowest BCUT2D eigenvalue weighted by Crippen LogP contribution is -2.64. The second kappa shape index (κ2) is 12.6. The molecule has 2 unspecified atom stereocenters. The Hall–Kier alpha value is -3.47. The monoisotopic (exact) mass is 614 g/mol. The van der Waals surface area contributed by atoms with Crippen molar-refractivity contribution in [1.29, 1.82) is 0 Å². The van der Waals surface area contributed by atoms with Crippen molar-refractivity contribution in [1.82, 2.24) is 15.2 Å². The van der Waals surface area contributed by atoms with Crippen LogP contribution in [0.1, 0.15) is 47.2 Å². The van der Waals surface area contributed by atoms with Gasteiger partial charge >= 0.3 is 5.97 Å². The standard InChI is InChI=1S/C29H28Cl2N4O5S/c30-21-13-32-14-22(31)25(21)27(37)33-19-5-1-16(2-6-19)11-23(29(39)40)34-28(38)26-18-3-7-20(8-4-18)35(26)24(36)12-17-9-10-41-15-17/h1-2,5-6,9-10,13-15,18,20,23,26H,3-4,7-8,11-12H2,(H,33,37)(H,34,38)(H,39,40). The van der Waals surface area contributed by atoms with Crippen LogP contribution in [0.3, 0.4) is 0 Å². The summed E-state index contributed by atoms with van der Waals surface area (Å²) in [6.45, 7) is 0. The summed E-state index contributed by atoms with van der Waals surface area (Å²) in [6.07, 6.45) is 6.29. The number of carbonyl (C=O) groups excluding carboxylic acids is 3. The summed E-state index contributed by atoms with van der Waals surface area (Å²) in [6, 6.07) is 6.63. The summed E-state index contributed by atoms with van der Waals surface area (Å²) in [5.41, 5.74) is 2.11. The maximum Gasteiger partial charge on any atom is 0.326 e. The molecule has 0 radical (unpaired) electrons. The molecule has 12 heteroatoms. The zero-order valence-corrected chi connectivity index (χ0v) is 24.2. The molecule has 2 aliphatic heterocycles. The highest BCUT2D eigenvalue weighted by molar-refractivity contribution is 7.08. The Morgan fingerprint density at radius 3 is 2.29 bits per heavy atom. The molecule has 214 valence electrons. The molecule has 2 bridgehead atoms. The zero-order chi connectivity index (χ0) is 29.1. The van der Waals surface area contributed by atoms with Gasteiger partial charge in [0, 0.05) is 30.5 Å². The van der Waals surface area contributed by atoms with Crippen molar-refractivity contribution < 1.29 is 24.3 Å². The number of hydrogen-bond acceptors (Lipinski definition) is 6. The third kappa shape index (κ3) is 6.55. The molecule has 6 rings (SSSR count). The number of nitrogens with zero attached hydrogens (tertiary/aromatic N) is 2. The molecule has 3 aliphatic rings. The van der Waals surface area contributed by atoms with Gasteiger partial charge in [-0.2, -0.15) is 11.3 Å². The number of fused-ring (bicyclic) bond motifs is 3. The molecule has 4 heterocycles. The topological polar surface area (TPSA) is 129 Å². The fraction of sp³-hybridized carbons (Fsp3) is 0.345. The highest BCUT2D eigenvalue weighted by Gasteiger charge is 2.47. The third-order valence-corrected chi connectivity index (χ3v) is 9.02. The van der Waals surface area contributed by atoms with Gasteiger partial charge in [-0.05, 0) is 71.7 Å². The molecule has 1 aromatic carbocycles. The number of amides is 3. The van der Waals surface area contributed by atoms with Crippen LogP contribution in [-0.2, 0) is 27.2 Å². The van der Waals surface area contributed by atoms with Gasteiger partial charge < -0.3 is 20.6 Å². The number of carbonyl (C=O) groups is 4. The van der Waals surface area contributed by atoms with Gasteiger partial charge in [-0.1, -0.05) is 35.3 Å². The second-order valence-corrected chi connectivity index (χ2v) is 11.9. The maximum atomic E-state index is 13.5. The quantitative estimate of drug-likeness (QED) is 0.317. The summed E-state index contributed by atoms with van der Waals surface area (Å²) in [5, 5.41) is 19.4. The fourth-order valence-electron chi connectivity index (χ4n) is 5.75. The molecule has 3 aromatic rings. The Balaban J connectivity index is 1.25. The number of aliphatic carboxylic acids is 1. The van der Waals surface area contributed by atoms with E-state index in [2.05, 4.69) is 15.6 Å². The van der Waals surface area contributed by atoms with Crippen LogP contribution in [0.2, 0.25) is 10.0 Å². The lowest BCUT2D eigenvalue weighted by Gasteiger charge is -2.50. The number of nitrogens with one attached hydrogen (secondary N) is 2. The number of thiophene rings is 1. The second-order valence-electron chi connectivity index (χ2n) is 10.4. The molecular formula is C29H28Cl2N4O5S. The van der Waals surface area contributed by atoms with Gasteiger partial charge in [0.25, 0.3) is 5.91 Å². The number of rotatable bonds is 9. The first-order valence-corrected chi connectivity index (χ1v) is 15.0. The van der Waals surface area contributed by atoms with E-state index in [1.807, 2.05) is 16.8 Å². The van der Waals surface area contributed by atoms with Gasteiger partial charge in [0.2, 0.25) is 11.8 Å². The van der Waals surface area contributed by atoms with Crippen LogP contribution < -0.4 is 10.6 Å². The SMILES string of the molecule is O=C(Nc1ccc(CC(NC(=O)C2C3CCC(CC3)N2C(=O)Cc2ccsc2)C(=O)O)cc1)c1c(Cl)cncc1Cl. The van der Waals surface area contributed by atoms with E-state index in [0.29, 0.717) is 11.3 Å². The van der Waals surface area contributed by atoms with Gasteiger partial charge in [0.05, 0.1) is 22.0 Å². The van der Waals surface area contributed by atoms with Crippen molar-refractivity contribution in [2.45, 2.75) is 56.7 Å². The van der Waals surface area contributed by atoms with Crippen molar-refractivity contribution in [2.75, 3.05) is 5.32 Å². The zero-order valence-electron chi connectivity index (χ0n) is 21.9. The van der Waals surface area contributed by atoms with Crippen LogP contribution in [-0.4, -0.2) is 56.8 Å². The molecule has 9 nitrogen and oxygen atoms in total. The average Bonchev–Trinajstić information content (AvgIpc) is 3.46. The summed E-state index contributed by atoms with van der Waals surface area (Å²) in [4.78, 5) is 57.2. The Labute approximate surface area is 250 Å². The molecule has 1 aliphatic carbocycles. The average molecular weight is 616 g/mol. The van der Waals surface area contributed by atoms with Gasteiger partial charge in [-0.15, -0.1) is 0 Å². The lowest BCUT2D eigenvalue weighted by atomic mass is 9.74. The van der Waals surface area contributed by atoms with Crippen LogP contribution in [0, 0.1) is 5.92 Å². The van der Waals surface area contributed by atoms with Crippen LogP contribution in [0.5, 0.6) is 0 Å². The smallest absolute Gasteiger partial charge is 0.326 e. The van der Waals surface area contributed by atoms with Crippen LogP contribution >= 0.6 is 34.5 Å². The van der Waals surface area contributed by atoms with Gasteiger partial charge in [0.15, 0.2) is 0 Å². The summed E-state index contributed by atoms with van der Waals surface area (Å²) >= 11 is 13.6. The molecule has 3 N–H and O–H groups in total. The number of halogens is 2. The summed E-state index contributed by atoms with van der Waals surface area (Å²) in [5.74, 6) is -2.20. The Kier molecular flexibility index (Phi) is 8.91. The van der Waals surface area contributed by atoms with E-state index < -0.39 is 29.9 Å². The Morgan fingerprint density at radius 2 is 1.68 bits per heavy atom. The number of carboxylic acid groups (broad SMARTS) is 1. The summed E-state index contributed by atoms with van der Waals surface area (Å²) in [7, 11) is 0. The molecule has 0 spiro atoms. The number of piperidine rings is 2. The van der Waals surface area contributed by atoms with E-state index in [1.165, 1.54) is 23.7 Å². The number of hydrogen-bond donors (Lipinski definition) is 3. The predicted octanol–water partition coefficient (Wildman–Crippen LogP) is 4.83. The first kappa shape index (κ1) is 29.0. The van der Waals surface area contributed by atoms with E-state index >= 15 is 0 Å². The van der Waals surface area contributed by atoms with Gasteiger partial charge in [0.1, 0.15) is 12.1 Å². The van der Waals surface area contributed by atoms with E-state index in [-0.39, 0.29) is 46.3 Å². The minimum atomic E-state index is -1.19. The molecule has 3 amide bonds. The summed E-state index contributed by atoms with van der Waals surface area (Å²) < 4.78 is 0. The van der Waals surface area contributed by atoms with Crippen LogP contribution in [0.25, 0.3) is 0 Å². The Morgan fingerprint density at radius 1 is 1.00 bits per heavy atom. The molecule has 3 fully saturated rings. The van der Waals surface area contributed by atoms with Gasteiger partial charge in [-0.3, -0.25) is 19.4 Å². The Bertz CT molecular complexity index is 1420. The molecule has 2 atom stereocenters. The highest BCUT2D eigenvalue weighted by atomic mass is 35.5. The van der Waals surface area contributed by atoms with Crippen LogP contribution in [0.4, 0.5) is 5.69 Å². The highest BCUT2D eigenvalue weighted by Crippen LogP contribution is 2.40. The number of aromatic nitrogens is 1. The van der Waals surface area contributed by atoms with Crippen LogP contribution in [0.15, 0.2) is 53.5 Å². The molecule has 2 saturated heterocycles. The number of benzene rings is 1. The number of anilines is 1. The molecule has 41 heavy (non-hydrogen) atoms. The normalized spacial score (nSPS) is 20.3. The lowest BCUT2D eigenvalue weighted by molar-refractivity contribution is -0.154. The minimum absolute atomic E-state index is 0.00571. The fourth-order valence-corrected chi connectivity index (χ4v) is 6.95. The number of pyridine rings is 1. The van der Waals surface area contributed by atoms with Crippen molar-refractivity contribution in [3.8, 4) is 0 Å².